The van der Waals surface area contributed by atoms with Crippen LogP contribution in [0.1, 0.15) is 26.7 Å². The van der Waals surface area contributed by atoms with Crippen LogP contribution < -0.4 is 5.32 Å². The molecule has 1 saturated heterocycles. The number of hydrogen-bond donors (Lipinski definition) is 1. The molecule has 1 rings (SSSR count). The van der Waals surface area contributed by atoms with Gasteiger partial charge in [-0.1, -0.05) is 13.3 Å². The summed E-state index contributed by atoms with van der Waals surface area (Å²) < 4.78 is 0. The van der Waals surface area contributed by atoms with Crippen molar-refractivity contribution in [3.05, 3.63) is 0 Å². The zero-order valence-electron chi connectivity index (χ0n) is 7.26. The number of carbonyl (C=O) groups is 1. The fraction of sp³-hybridized carbons (Fsp3) is 0.875. The van der Waals surface area contributed by atoms with Crippen LogP contribution in [0.2, 0.25) is 0 Å². The lowest BCUT2D eigenvalue weighted by Crippen LogP contribution is -2.28. The summed E-state index contributed by atoms with van der Waals surface area (Å²) in [6, 6.07) is 0.499. The number of nitrogens with zero attached hydrogens (tertiary/aromatic N) is 1. The highest BCUT2D eigenvalue weighted by Gasteiger charge is 2.25. The number of carbonyl (C=O) groups excluding carboxylic acids is 1. The third-order valence-electron chi connectivity index (χ3n) is 2.07. The molecule has 1 aliphatic heterocycles. The Labute approximate surface area is 67.8 Å². The van der Waals surface area contributed by atoms with Crippen molar-refractivity contribution >= 4 is 6.03 Å². The van der Waals surface area contributed by atoms with Crippen molar-refractivity contribution in [1.82, 2.24) is 10.2 Å². The van der Waals surface area contributed by atoms with Gasteiger partial charge in [0.05, 0.1) is 0 Å². The molecule has 11 heavy (non-hydrogen) atoms. The Morgan fingerprint density at radius 2 is 2.36 bits per heavy atom. The van der Waals surface area contributed by atoms with E-state index in [9.17, 15) is 4.79 Å². The van der Waals surface area contributed by atoms with Crippen molar-refractivity contribution in [2.45, 2.75) is 32.7 Å². The van der Waals surface area contributed by atoms with Crippen LogP contribution in [-0.4, -0.2) is 30.1 Å². The van der Waals surface area contributed by atoms with Crippen LogP contribution in [0.15, 0.2) is 0 Å². The van der Waals surface area contributed by atoms with E-state index in [-0.39, 0.29) is 6.03 Å². The molecule has 1 atom stereocenters. The SMILES string of the molecule is CCC[C@H]1CN(CC)C(=O)N1. The molecule has 0 bridgehead atoms. The van der Waals surface area contributed by atoms with Crippen molar-refractivity contribution in [2.75, 3.05) is 13.1 Å². The molecular weight excluding hydrogens is 140 g/mol. The quantitative estimate of drug-likeness (QED) is 0.654. The molecule has 0 aromatic rings. The first kappa shape index (κ1) is 8.37. The summed E-state index contributed by atoms with van der Waals surface area (Å²) in [4.78, 5) is 13.0. The van der Waals surface area contributed by atoms with Crippen molar-refractivity contribution in [3.8, 4) is 0 Å². The lowest BCUT2D eigenvalue weighted by atomic mass is 10.2. The third-order valence-corrected chi connectivity index (χ3v) is 2.07. The third kappa shape index (κ3) is 1.85. The summed E-state index contributed by atoms with van der Waals surface area (Å²) in [7, 11) is 0. The Hall–Kier alpha value is -0.730. The van der Waals surface area contributed by atoms with Gasteiger partial charge in [-0.25, -0.2) is 4.79 Å². The minimum atomic E-state index is 0.103. The Kier molecular flexibility index (Phi) is 2.74. The van der Waals surface area contributed by atoms with E-state index in [1.54, 1.807) is 0 Å². The summed E-state index contributed by atoms with van der Waals surface area (Å²) >= 11 is 0. The van der Waals surface area contributed by atoms with Crippen molar-refractivity contribution in [1.29, 1.82) is 0 Å². The largest absolute Gasteiger partial charge is 0.333 e. The number of urea groups is 1. The van der Waals surface area contributed by atoms with Crippen molar-refractivity contribution in [3.63, 3.8) is 0 Å². The van der Waals surface area contributed by atoms with Gasteiger partial charge in [-0.15, -0.1) is 0 Å². The molecule has 1 aliphatic rings. The average Bonchev–Trinajstić information content (AvgIpc) is 2.32. The second-order valence-electron chi connectivity index (χ2n) is 2.97. The van der Waals surface area contributed by atoms with Gasteiger partial charge in [-0.05, 0) is 13.3 Å². The smallest absolute Gasteiger partial charge is 0.317 e. The second-order valence-corrected chi connectivity index (χ2v) is 2.97. The highest BCUT2D eigenvalue weighted by Crippen LogP contribution is 2.07. The van der Waals surface area contributed by atoms with Gasteiger partial charge < -0.3 is 10.2 Å². The average molecular weight is 156 g/mol. The molecule has 3 nitrogen and oxygen atoms in total. The van der Waals surface area contributed by atoms with E-state index in [0.29, 0.717) is 6.04 Å². The van der Waals surface area contributed by atoms with E-state index in [1.165, 1.54) is 0 Å². The lowest BCUT2D eigenvalue weighted by Gasteiger charge is -2.10. The molecule has 0 saturated carbocycles. The summed E-state index contributed by atoms with van der Waals surface area (Å²) in [5.41, 5.74) is 0. The number of hydrogen-bond acceptors (Lipinski definition) is 1. The zero-order chi connectivity index (χ0) is 8.27. The summed E-state index contributed by atoms with van der Waals surface area (Å²) in [5.74, 6) is 0. The molecule has 64 valence electrons. The Morgan fingerprint density at radius 3 is 2.82 bits per heavy atom. The van der Waals surface area contributed by atoms with Crippen LogP contribution >= 0.6 is 0 Å². The van der Waals surface area contributed by atoms with E-state index < -0.39 is 0 Å². The van der Waals surface area contributed by atoms with Gasteiger partial charge in [0.1, 0.15) is 0 Å². The van der Waals surface area contributed by atoms with Gasteiger partial charge in [0.25, 0.3) is 0 Å². The first-order valence-corrected chi connectivity index (χ1v) is 4.33. The molecule has 0 radical (unpaired) electrons. The molecule has 0 unspecified atom stereocenters. The molecule has 1 fully saturated rings. The van der Waals surface area contributed by atoms with Crippen LogP contribution in [0.3, 0.4) is 0 Å². The second kappa shape index (κ2) is 3.60. The van der Waals surface area contributed by atoms with E-state index in [4.69, 9.17) is 0 Å². The van der Waals surface area contributed by atoms with Crippen LogP contribution in [0, 0.1) is 0 Å². The highest BCUT2D eigenvalue weighted by molar-refractivity contribution is 5.76. The normalized spacial score (nSPS) is 24.0. The van der Waals surface area contributed by atoms with Crippen LogP contribution in [0.4, 0.5) is 4.79 Å². The molecule has 1 heterocycles. The summed E-state index contributed by atoms with van der Waals surface area (Å²) in [5, 5.41) is 2.94. The van der Waals surface area contributed by atoms with Gasteiger partial charge in [0.15, 0.2) is 0 Å². The molecule has 0 aromatic heterocycles. The molecular formula is C8H16N2O. The predicted molar refractivity (Wildman–Crippen MR) is 44.5 cm³/mol. The van der Waals surface area contributed by atoms with E-state index in [2.05, 4.69) is 12.2 Å². The Morgan fingerprint density at radius 1 is 1.64 bits per heavy atom. The maximum atomic E-state index is 11.1. The first-order valence-electron chi connectivity index (χ1n) is 4.33. The Bertz CT molecular complexity index is 147. The zero-order valence-corrected chi connectivity index (χ0v) is 7.26. The molecule has 3 heteroatoms. The number of amides is 2. The predicted octanol–water partition coefficient (Wildman–Crippen LogP) is 1.20. The molecule has 2 amide bonds. The highest BCUT2D eigenvalue weighted by atomic mass is 16.2. The van der Waals surface area contributed by atoms with E-state index in [1.807, 2.05) is 11.8 Å². The van der Waals surface area contributed by atoms with Gasteiger partial charge >= 0.3 is 6.03 Å². The maximum Gasteiger partial charge on any atom is 0.317 e. The van der Waals surface area contributed by atoms with E-state index in [0.717, 1.165) is 25.9 Å². The standard InChI is InChI=1S/C8H16N2O/c1-3-5-7-6-10(4-2)8(11)9-7/h7H,3-6H2,1-2H3,(H,9,11)/t7-/m0/s1. The first-order chi connectivity index (χ1) is 5.27. The fourth-order valence-electron chi connectivity index (χ4n) is 1.45. The van der Waals surface area contributed by atoms with Gasteiger partial charge in [-0.3, -0.25) is 0 Å². The van der Waals surface area contributed by atoms with Gasteiger partial charge in [0, 0.05) is 19.1 Å². The molecule has 1 N–H and O–H groups in total. The van der Waals surface area contributed by atoms with Gasteiger partial charge in [0.2, 0.25) is 0 Å². The number of nitrogens with one attached hydrogen (secondary N) is 1. The van der Waals surface area contributed by atoms with Crippen LogP contribution in [0.5, 0.6) is 0 Å². The van der Waals surface area contributed by atoms with Crippen LogP contribution in [0.25, 0.3) is 0 Å². The van der Waals surface area contributed by atoms with Crippen LogP contribution in [-0.2, 0) is 0 Å². The maximum absolute atomic E-state index is 11.1. The number of likely N-dealkylation sites (N-methyl/N-ethyl adjacent to an activating group) is 1. The minimum Gasteiger partial charge on any atom is -0.333 e. The summed E-state index contributed by atoms with van der Waals surface area (Å²) in [6.07, 6.45) is 2.24. The summed E-state index contributed by atoms with van der Waals surface area (Å²) in [6.45, 7) is 5.86. The minimum absolute atomic E-state index is 0.103. The number of rotatable bonds is 3. The molecule has 0 aliphatic carbocycles. The monoisotopic (exact) mass is 156 g/mol. The van der Waals surface area contributed by atoms with Crippen molar-refractivity contribution in [2.24, 2.45) is 0 Å². The Balaban J connectivity index is 2.36. The van der Waals surface area contributed by atoms with Crippen molar-refractivity contribution < 1.29 is 4.79 Å². The fourth-order valence-corrected chi connectivity index (χ4v) is 1.45. The lowest BCUT2D eigenvalue weighted by molar-refractivity contribution is 0.219. The van der Waals surface area contributed by atoms with Gasteiger partial charge in [-0.2, -0.15) is 0 Å². The molecule has 0 spiro atoms. The van der Waals surface area contributed by atoms with E-state index >= 15 is 0 Å². The topological polar surface area (TPSA) is 32.3 Å². The molecule has 0 aromatic carbocycles.